The lowest BCUT2D eigenvalue weighted by Gasteiger charge is -2.14. The van der Waals surface area contributed by atoms with Gasteiger partial charge in [-0.3, -0.25) is 0 Å². The smallest absolute Gasteiger partial charge is 0.174 e. The van der Waals surface area contributed by atoms with E-state index in [4.69, 9.17) is 9.26 Å². The van der Waals surface area contributed by atoms with E-state index >= 15 is 0 Å². The van der Waals surface area contributed by atoms with Crippen molar-refractivity contribution < 1.29 is 13.7 Å². The predicted octanol–water partition coefficient (Wildman–Crippen LogP) is 3.76. The zero-order valence-corrected chi connectivity index (χ0v) is 12.6. The molecule has 0 amide bonds. The van der Waals surface area contributed by atoms with Crippen LogP contribution in [0, 0.1) is 12.7 Å². The van der Waals surface area contributed by atoms with E-state index in [1.54, 1.807) is 12.1 Å². The lowest BCUT2D eigenvalue weighted by Crippen LogP contribution is -2.19. The van der Waals surface area contributed by atoms with E-state index < -0.39 is 0 Å². The number of ether oxygens (including phenoxy) is 1. The van der Waals surface area contributed by atoms with Gasteiger partial charge in [0.25, 0.3) is 0 Å². The molecule has 1 aromatic carbocycles. The molecule has 2 aromatic rings. The molecule has 1 heterocycles. The van der Waals surface area contributed by atoms with Gasteiger partial charge in [0.05, 0.1) is 5.69 Å². The molecular weight excluding hydrogens is 271 g/mol. The highest BCUT2D eigenvalue weighted by Gasteiger charge is 2.10. The summed E-state index contributed by atoms with van der Waals surface area (Å²) in [5, 5.41) is 7.09. The Morgan fingerprint density at radius 1 is 1.38 bits per heavy atom. The van der Waals surface area contributed by atoms with Gasteiger partial charge in [0.2, 0.25) is 0 Å². The van der Waals surface area contributed by atoms with Crippen LogP contribution in [0.2, 0.25) is 0 Å². The van der Waals surface area contributed by atoms with Crippen LogP contribution < -0.4 is 10.1 Å². The van der Waals surface area contributed by atoms with Crippen LogP contribution in [0.4, 0.5) is 4.39 Å². The van der Waals surface area contributed by atoms with E-state index in [0.717, 1.165) is 24.2 Å². The summed E-state index contributed by atoms with van der Waals surface area (Å²) >= 11 is 0. The minimum Gasteiger partial charge on any atom is -0.482 e. The van der Waals surface area contributed by atoms with E-state index in [0.29, 0.717) is 5.76 Å². The molecule has 0 spiro atoms. The molecule has 21 heavy (non-hydrogen) atoms. The molecule has 0 saturated carbocycles. The second-order valence-electron chi connectivity index (χ2n) is 5.09. The van der Waals surface area contributed by atoms with Gasteiger partial charge in [0.15, 0.2) is 17.3 Å². The van der Waals surface area contributed by atoms with Gasteiger partial charge in [0.1, 0.15) is 6.61 Å². The SMILES string of the molecule is CCCNC(C)c1ccc(OCc2cc(C)no2)c(F)c1. The minimum atomic E-state index is -0.367. The molecule has 0 fully saturated rings. The molecule has 0 aliphatic rings. The second kappa shape index (κ2) is 7.22. The zero-order valence-electron chi connectivity index (χ0n) is 12.6. The van der Waals surface area contributed by atoms with E-state index in [9.17, 15) is 4.39 Å². The lowest BCUT2D eigenvalue weighted by molar-refractivity contribution is 0.240. The molecule has 0 bridgehead atoms. The van der Waals surface area contributed by atoms with Crippen molar-refractivity contribution in [3.05, 3.63) is 47.1 Å². The third-order valence-corrected chi connectivity index (χ3v) is 3.20. The molecule has 5 heteroatoms. The monoisotopic (exact) mass is 292 g/mol. The minimum absolute atomic E-state index is 0.116. The first-order valence-electron chi connectivity index (χ1n) is 7.18. The maximum Gasteiger partial charge on any atom is 0.174 e. The van der Waals surface area contributed by atoms with Crippen LogP contribution in [0.25, 0.3) is 0 Å². The molecule has 1 aromatic heterocycles. The zero-order chi connectivity index (χ0) is 15.2. The Kier molecular flexibility index (Phi) is 5.33. The van der Waals surface area contributed by atoms with Crippen molar-refractivity contribution in [1.29, 1.82) is 0 Å². The molecule has 0 saturated heterocycles. The molecular formula is C16H21FN2O2. The second-order valence-corrected chi connectivity index (χ2v) is 5.09. The van der Waals surface area contributed by atoms with Crippen LogP contribution >= 0.6 is 0 Å². The van der Waals surface area contributed by atoms with Gasteiger partial charge in [-0.05, 0) is 44.5 Å². The van der Waals surface area contributed by atoms with Crippen molar-refractivity contribution in [3.63, 3.8) is 0 Å². The highest BCUT2D eigenvalue weighted by molar-refractivity contribution is 5.31. The Bertz CT molecular complexity index is 583. The number of nitrogens with zero attached hydrogens (tertiary/aromatic N) is 1. The molecule has 2 rings (SSSR count). The van der Waals surface area contributed by atoms with Crippen LogP contribution in [0.3, 0.4) is 0 Å². The van der Waals surface area contributed by atoms with Crippen molar-refractivity contribution in [2.24, 2.45) is 0 Å². The van der Waals surface area contributed by atoms with Gasteiger partial charge in [-0.1, -0.05) is 18.1 Å². The van der Waals surface area contributed by atoms with Crippen molar-refractivity contribution in [2.45, 2.75) is 39.8 Å². The molecule has 4 nitrogen and oxygen atoms in total. The van der Waals surface area contributed by atoms with Crippen LogP contribution in [-0.4, -0.2) is 11.7 Å². The van der Waals surface area contributed by atoms with Crippen molar-refractivity contribution in [1.82, 2.24) is 10.5 Å². The Labute approximate surface area is 124 Å². The Hall–Kier alpha value is -1.88. The standard InChI is InChI=1S/C16H21FN2O2/c1-4-7-18-12(3)13-5-6-16(15(17)9-13)20-10-14-8-11(2)19-21-14/h5-6,8-9,12,18H,4,7,10H2,1-3H3. The average Bonchev–Trinajstić information content (AvgIpc) is 2.89. The van der Waals surface area contributed by atoms with Gasteiger partial charge >= 0.3 is 0 Å². The Morgan fingerprint density at radius 2 is 2.19 bits per heavy atom. The summed E-state index contributed by atoms with van der Waals surface area (Å²) in [7, 11) is 0. The molecule has 0 aliphatic heterocycles. The maximum atomic E-state index is 14.0. The summed E-state index contributed by atoms with van der Waals surface area (Å²) in [4.78, 5) is 0. The molecule has 1 atom stereocenters. The average molecular weight is 292 g/mol. The Balaban J connectivity index is 1.98. The largest absolute Gasteiger partial charge is 0.482 e. The number of halogens is 1. The van der Waals surface area contributed by atoms with Gasteiger partial charge in [-0.15, -0.1) is 0 Å². The van der Waals surface area contributed by atoms with Crippen molar-refractivity contribution in [2.75, 3.05) is 6.54 Å². The number of rotatable bonds is 7. The summed E-state index contributed by atoms with van der Waals surface area (Å²) in [5.74, 6) is 0.429. The van der Waals surface area contributed by atoms with E-state index in [1.165, 1.54) is 6.07 Å². The van der Waals surface area contributed by atoms with Crippen LogP contribution in [0.15, 0.2) is 28.8 Å². The summed E-state index contributed by atoms with van der Waals surface area (Å²) in [6, 6.07) is 6.91. The van der Waals surface area contributed by atoms with Crippen molar-refractivity contribution in [3.8, 4) is 5.75 Å². The topological polar surface area (TPSA) is 47.3 Å². The van der Waals surface area contributed by atoms with Gasteiger partial charge < -0.3 is 14.6 Å². The highest BCUT2D eigenvalue weighted by Crippen LogP contribution is 2.23. The molecule has 0 radical (unpaired) electrons. The first kappa shape index (κ1) is 15.5. The Morgan fingerprint density at radius 3 is 2.81 bits per heavy atom. The number of hydrogen-bond donors (Lipinski definition) is 1. The summed E-state index contributed by atoms with van der Waals surface area (Å²) in [5.41, 5.74) is 1.68. The van der Waals surface area contributed by atoms with E-state index in [-0.39, 0.29) is 24.2 Å². The fourth-order valence-corrected chi connectivity index (χ4v) is 2.02. The number of nitrogens with one attached hydrogen (secondary N) is 1. The van der Waals surface area contributed by atoms with Gasteiger partial charge in [-0.25, -0.2) is 4.39 Å². The van der Waals surface area contributed by atoms with Gasteiger partial charge in [0, 0.05) is 12.1 Å². The predicted molar refractivity (Wildman–Crippen MR) is 78.7 cm³/mol. The summed E-state index contributed by atoms with van der Waals surface area (Å²) in [6.45, 7) is 7.02. The quantitative estimate of drug-likeness (QED) is 0.844. The number of benzene rings is 1. The number of hydrogen-bond acceptors (Lipinski definition) is 4. The fraction of sp³-hybridized carbons (Fsp3) is 0.438. The fourth-order valence-electron chi connectivity index (χ4n) is 2.02. The van der Waals surface area contributed by atoms with Crippen molar-refractivity contribution >= 4 is 0 Å². The summed E-state index contributed by atoms with van der Waals surface area (Å²) in [6.07, 6.45) is 1.05. The molecule has 114 valence electrons. The molecule has 1 N–H and O–H groups in total. The van der Waals surface area contributed by atoms with Crippen LogP contribution in [0.5, 0.6) is 5.75 Å². The van der Waals surface area contributed by atoms with Crippen LogP contribution in [0.1, 0.15) is 43.3 Å². The molecule has 0 aliphatic carbocycles. The third kappa shape index (κ3) is 4.29. The van der Waals surface area contributed by atoms with E-state index in [1.807, 2.05) is 19.9 Å². The van der Waals surface area contributed by atoms with E-state index in [2.05, 4.69) is 17.4 Å². The van der Waals surface area contributed by atoms with Gasteiger partial charge in [-0.2, -0.15) is 0 Å². The third-order valence-electron chi connectivity index (χ3n) is 3.20. The number of aromatic nitrogens is 1. The lowest BCUT2D eigenvalue weighted by atomic mass is 10.1. The summed E-state index contributed by atoms with van der Waals surface area (Å²) < 4.78 is 24.5. The first-order chi connectivity index (χ1) is 10.1. The number of aryl methyl sites for hydroxylation is 1. The normalized spacial score (nSPS) is 12.4. The van der Waals surface area contributed by atoms with Crippen LogP contribution in [-0.2, 0) is 6.61 Å². The highest BCUT2D eigenvalue weighted by atomic mass is 19.1. The maximum absolute atomic E-state index is 14.0. The molecule has 1 unspecified atom stereocenters. The first-order valence-corrected chi connectivity index (χ1v) is 7.18.